The molecule has 3 aliphatic rings. The SMILES string of the molecule is CCC(=O)NC[C@H]1CN(c2cc(F)c(C3[C@H]4CN(C(N)=O)C[C@@H]34)c(F)c2)C(=O)O1. The zero-order valence-corrected chi connectivity index (χ0v) is 15.9. The Kier molecular flexibility index (Phi) is 4.79. The van der Waals surface area contributed by atoms with Crippen molar-refractivity contribution >= 4 is 23.7 Å². The number of fused-ring (bicyclic) bond motifs is 1. The van der Waals surface area contributed by atoms with E-state index in [0.29, 0.717) is 19.5 Å². The Balaban J connectivity index is 1.45. The van der Waals surface area contributed by atoms with Crippen LogP contribution in [0.15, 0.2) is 12.1 Å². The minimum absolute atomic E-state index is 0.000611. The second kappa shape index (κ2) is 7.16. The van der Waals surface area contributed by atoms with E-state index in [4.69, 9.17) is 10.5 Å². The predicted molar refractivity (Wildman–Crippen MR) is 98.2 cm³/mol. The van der Waals surface area contributed by atoms with E-state index >= 15 is 0 Å². The van der Waals surface area contributed by atoms with Crippen LogP contribution in [-0.2, 0) is 9.53 Å². The fourth-order valence-electron chi connectivity index (χ4n) is 4.37. The number of nitrogens with zero attached hydrogens (tertiary/aromatic N) is 2. The number of halogens is 2. The molecule has 0 radical (unpaired) electrons. The zero-order chi connectivity index (χ0) is 20.9. The summed E-state index contributed by atoms with van der Waals surface area (Å²) in [6.07, 6.45) is -0.998. The highest BCUT2D eigenvalue weighted by atomic mass is 19.1. The van der Waals surface area contributed by atoms with Gasteiger partial charge in [0.2, 0.25) is 5.91 Å². The first-order valence-corrected chi connectivity index (χ1v) is 9.58. The van der Waals surface area contributed by atoms with Crippen molar-refractivity contribution in [3.63, 3.8) is 0 Å². The molecule has 0 aromatic heterocycles. The van der Waals surface area contributed by atoms with Crippen LogP contribution in [0.1, 0.15) is 24.8 Å². The van der Waals surface area contributed by atoms with Gasteiger partial charge in [-0.1, -0.05) is 6.92 Å². The first-order valence-electron chi connectivity index (χ1n) is 9.58. The van der Waals surface area contributed by atoms with Crippen LogP contribution in [0.5, 0.6) is 0 Å². The van der Waals surface area contributed by atoms with E-state index in [1.165, 1.54) is 4.90 Å². The Morgan fingerprint density at radius 1 is 1.21 bits per heavy atom. The van der Waals surface area contributed by atoms with E-state index in [0.717, 1.165) is 17.0 Å². The first kappa shape index (κ1) is 19.4. The maximum absolute atomic E-state index is 14.8. The molecule has 0 bridgehead atoms. The number of primary amides is 1. The second-order valence-corrected chi connectivity index (χ2v) is 7.69. The molecular weight excluding hydrogens is 386 g/mol. The van der Waals surface area contributed by atoms with Crippen LogP contribution in [0.25, 0.3) is 0 Å². The Bertz CT molecular complexity index is 845. The third kappa shape index (κ3) is 3.47. The average molecular weight is 408 g/mol. The number of cyclic esters (lactones) is 1. The van der Waals surface area contributed by atoms with Crippen molar-refractivity contribution in [3.8, 4) is 0 Å². The van der Waals surface area contributed by atoms with Gasteiger partial charge in [-0.25, -0.2) is 18.4 Å². The zero-order valence-electron chi connectivity index (χ0n) is 15.9. The number of ether oxygens (including phenoxy) is 1. The van der Waals surface area contributed by atoms with Crippen molar-refractivity contribution in [2.45, 2.75) is 25.4 Å². The lowest BCUT2D eigenvalue weighted by Gasteiger charge is -2.19. The summed E-state index contributed by atoms with van der Waals surface area (Å²) < 4.78 is 34.7. The molecule has 4 atom stereocenters. The van der Waals surface area contributed by atoms with E-state index in [9.17, 15) is 23.2 Å². The molecule has 1 aliphatic carbocycles. The van der Waals surface area contributed by atoms with Gasteiger partial charge in [-0.05, 0) is 29.9 Å². The van der Waals surface area contributed by atoms with Crippen molar-refractivity contribution in [3.05, 3.63) is 29.3 Å². The summed E-state index contributed by atoms with van der Waals surface area (Å²) in [4.78, 5) is 37.3. The molecule has 4 amide bonds. The van der Waals surface area contributed by atoms with E-state index in [2.05, 4.69) is 5.32 Å². The third-order valence-electron chi connectivity index (χ3n) is 5.94. The summed E-state index contributed by atoms with van der Waals surface area (Å²) in [5.74, 6) is -1.91. The van der Waals surface area contributed by atoms with Crippen LogP contribution in [0.3, 0.4) is 0 Å². The molecule has 8 nitrogen and oxygen atoms in total. The standard InChI is InChI=1S/C19H22F2N4O4/c1-2-15(26)23-5-10-6-25(19(28)29-10)9-3-13(20)17(14(21)4-9)16-11-7-24(18(22)27)8-12(11)16/h3-4,10-12,16H,2,5-8H2,1H3,(H2,22,27)(H,23,26)/t10-,11-,12+,16?/m0/s1. The molecule has 29 heavy (non-hydrogen) atoms. The van der Waals surface area contributed by atoms with Gasteiger partial charge in [0, 0.05) is 25.1 Å². The van der Waals surface area contributed by atoms with Crippen molar-refractivity contribution in [1.82, 2.24) is 10.2 Å². The number of carbonyl (C=O) groups is 3. The Morgan fingerprint density at radius 2 is 1.83 bits per heavy atom. The van der Waals surface area contributed by atoms with E-state index in [-0.39, 0.29) is 48.0 Å². The molecule has 3 fully saturated rings. The Labute approximate surface area is 165 Å². The molecule has 2 saturated heterocycles. The largest absolute Gasteiger partial charge is 0.442 e. The molecule has 1 unspecified atom stereocenters. The smallest absolute Gasteiger partial charge is 0.414 e. The van der Waals surface area contributed by atoms with Gasteiger partial charge in [0.15, 0.2) is 0 Å². The van der Waals surface area contributed by atoms with Gasteiger partial charge in [0.25, 0.3) is 0 Å². The van der Waals surface area contributed by atoms with Crippen molar-refractivity contribution in [1.29, 1.82) is 0 Å². The lowest BCUT2D eigenvalue weighted by molar-refractivity contribution is -0.121. The molecule has 2 heterocycles. The molecule has 2 aliphatic heterocycles. The van der Waals surface area contributed by atoms with Gasteiger partial charge in [-0.15, -0.1) is 0 Å². The molecule has 0 spiro atoms. The Morgan fingerprint density at radius 3 is 2.38 bits per heavy atom. The topological polar surface area (TPSA) is 105 Å². The number of nitrogens with two attached hydrogens (primary N) is 1. The summed E-state index contributed by atoms with van der Waals surface area (Å²) in [6.45, 7) is 2.72. The van der Waals surface area contributed by atoms with E-state index in [1.54, 1.807) is 6.92 Å². The van der Waals surface area contributed by atoms with Crippen LogP contribution in [0.4, 0.5) is 24.1 Å². The number of urea groups is 1. The molecule has 10 heteroatoms. The predicted octanol–water partition coefficient (Wildman–Crippen LogP) is 1.54. The van der Waals surface area contributed by atoms with Crippen LogP contribution < -0.4 is 16.0 Å². The van der Waals surface area contributed by atoms with Gasteiger partial charge in [-0.3, -0.25) is 9.69 Å². The number of piperidine rings is 1. The number of hydrogen-bond acceptors (Lipinski definition) is 4. The lowest BCUT2D eigenvalue weighted by atomic mass is 10.0. The highest BCUT2D eigenvalue weighted by Crippen LogP contribution is 2.59. The van der Waals surface area contributed by atoms with Gasteiger partial charge < -0.3 is 20.7 Å². The summed E-state index contributed by atoms with van der Waals surface area (Å²) in [6, 6.07) is 1.74. The quantitative estimate of drug-likeness (QED) is 0.771. The first-order chi connectivity index (χ1) is 13.8. The highest BCUT2D eigenvalue weighted by molar-refractivity contribution is 5.90. The van der Waals surface area contributed by atoms with Gasteiger partial charge in [0.1, 0.15) is 17.7 Å². The molecule has 3 N–H and O–H groups in total. The minimum atomic E-state index is -0.722. The number of hydrogen-bond donors (Lipinski definition) is 2. The van der Waals surface area contributed by atoms with Gasteiger partial charge in [0.05, 0.1) is 18.8 Å². The summed E-state index contributed by atoms with van der Waals surface area (Å²) >= 11 is 0. The molecular formula is C19H22F2N4O4. The number of benzene rings is 1. The van der Waals surface area contributed by atoms with Crippen molar-refractivity contribution in [2.24, 2.45) is 17.6 Å². The van der Waals surface area contributed by atoms with Crippen LogP contribution in [-0.4, -0.2) is 55.2 Å². The summed E-state index contributed by atoms with van der Waals surface area (Å²) in [7, 11) is 0. The van der Waals surface area contributed by atoms with Crippen molar-refractivity contribution in [2.75, 3.05) is 31.1 Å². The third-order valence-corrected chi connectivity index (χ3v) is 5.94. The van der Waals surface area contributed by atoms with Gasteiger partial charge >= 0.3 is 12.1 Å². The van der Waals surface area contributed by atoms with E-state index < -0.39 is 29.9 Å². The van der Waals surface area contributed by atoms with Crippen LogP contribution in [0, 0.1) is 23.5 Å². The summed E-state index contributed by atoms with van der Waals surface area (Å²) in [5.41, 5.74) is 5.32. The van der Waals surface area contributed by atoms with Gasteiger partial charge in [-0.2, -0.15) is 0 Å². The summed E-state index contributed by atoms with van der Waals surface area (Å²) in [5, 5.41) is 2.63. The average Bonchev–Trinajstić information content (AvgIpc) is 3.02. The fraction of sp³-hybridized carbons (Fsp3) is 0.526. The van der Waals surface area contributed by atoms with Crippen LogP contribution >= 0.6 is 0 Å². The number of nitrogens with one attached hydrogen (secondary N) is 1. The highest BCUT2D eigenvalue weighted by Gasteiger charge is 2.58. The Hall–Kier alpha value is -2.91. The number of likely N-dealkylation sites (tertiary alicyclic amines) is 1. The van der Waals surface area contributed by atoms with E-state index in [1.807, 2.05) is 0 Å². The second-order valence-electron chi connectivity index (χ2n) is 7.69. The number of rotatable bonds is 5. The minimum Gasteiger partial charge on any atom is -0.442 e. The monoisotopic (exact) mass is 408 g/mol. The fourth-order valence-corrected chi connectivity index (χ4v) is 4.37. The van der Waals surface area contributed by atoms with Crippen LogP contribution in [0.2, 0.25) is 0 Å². The molecule has 1 aromatic carbocycles. The normalized spacial score (nSPS) is 27.6. The number of amides is 4. The molecule has 1 aromatic rings. The maximum Gasteiger partial charge on any atom is 0.414 e. The van der Waals surface area contributed by atoms with Crippen molar-refractivity contribution < 1.29 is 27.9 Å². The molecule has 4 rings (SSSR count). The maximum atomic E-state index is 14.8. The number of carbonyl (C=O) groups excluding carboxylic acids is 3. The molecule has 1 saturated carbocycles. The molecule has 156 valence electrons. The number of anilines is 1. The lowest BCUT2D eigenvalue weighted by Crippen LogP contribution is -2.35.